The molecule has 18 heavy (non-hydrogen) atoms. The third kappa shape index (κ3) is 2.95. The second-order valence-electron chi connectivity index (χ2n) is 6.06. The van der Waals surface area contributed by atoms with Crippen molar-refractivity contribution in [3.63, 3.8) is 0 Å². The lowest BCUT2D eigenvalue weighted by molar-refractivity contribution is 0.254. The van der Waals surface area contributed by atoms with Gasteiger partial charge < -0.3 is 5.32 Å². The first-order valence-corrected chi connectivity index (χ1v) is 8.14. The lowest BCUT2D eigenvalue weighted by Crippen LogP contribution is -2.39. The van der Waals surface area contributed by atoms with Gasteiger partial charge in [0.25, 0.3) is 0 Å². The van der Waals surface area contributed by atoms with E-state index in [4.69, 9.17) is 0 Å². The molecule has 1 N–H and O–H groups in total. The maximum Gasteiger partial charge on any atom is 0.0212 e. The van der Waals surface area contributed by atoms with Crippen LogP contribution in [0.25, 0.3) is 0 Å². The summed E-state index contributed by atoms with van der Waals surface area (Å²) in [7, 11) is 0. The summed E-state index contributed by atoms with van der Waals surface area (Å²) in [6, 6.07) is 7.40. The molecular weight excluding hydrogens is 240 g/mol. The number of nitrogens with zero attached hydrogens (tertiary/aromatic N) is 1. The molecule has 0 bridgehead atoms. The van der Waals surface area contributed by atoms with Crippen LogP contribution in [0.5, 0.6) is 0 Å². The summed E-state index contributed by atoms with van der Waals surface area (Å²) in [5.74, 6) is 0. The number of nitrogens with one attached hydrogen (secondary N) is 1. The van der Waals surface area contributed by atoms with E-state index in [0.29, 0.717) is 12.1 Å². The molecule has 0 amide bonds. The third-order valence-electron chi connectivity index (χ3n) is 4.25. The van der Waals surface area contributed by atoms with E-state index < -0.39 is 0 Å². The van der Waals surface area contributed by atoms with E-state index >= 15 is 0 Å². The van der Waals surface area contributed by atoms with Crippen molar-refractivity contribution in [2.24, 2.45) is 0 Å². The zero-order valence-corrected chi connectivity index (χ0v) is 12.2. The molecule has 100 valence electrons. The zero-order valence-electron chi connectivity index (χ0n) is 11.4. The van der Waals surface area contributed by atoms with Crippen molar-refractivity contribution in [2.45, 2.75) is 63.7 Å². The molecule has 1 aromatic heterocycles. The van der Waals surface area contributed by atoms with Gasteiger partial charge in [-0.3, -0.25) is 4.90 Å². The summed E-state index contributed by atoms with van der Waals surface area (Å²) in [5.41, 5.74) is 0. The summed E-state index contributed by atoms with van der Waals surface area (Å²) >= 11 is 1.87. The Labute approximate surface area is 114 Å². The smallest absolute Gasteiger partial charge is 0.0212 e. The van der Waals surface area contributed by atoms with E-state index in [-0.39, 0.29) is 0 Å². The highest BCUT2D eigenvalue weighted by atomic mass is 32.1. The van der Waals surface area contributed by atoms with Crippen LogP contribution in [0.4, 0.5) is 0 Å². The predicted molar refractivity (Wildman–Crippen MR) is 78.2 cm³/mol. The Morgan fingerprint density at radius 1 is 1.50 bits per heavy atom. The molecule has 2 aliphatic rings. The fourth-order valence-electron chi connectivity index (χ4n) is 3.28. The summed E-state index contributed by atoms with van der Waals surface area (Å²) in [6.07, 6.45) is 5.36. The molecule has 2 fully saturated rings. The predicted octanol–water partition coefficient (Wildman–Crippen LogP) is 2.89. The van der Waals surface area contributed by atoms with Crippen LogP contribution in [-0.2, 0) is 6.42 Å². The minimum absolute atomic E-state index is 0.597. The van der Waals surface area contributed by atoms with Crippen molar-refractivity contribution in [2.75, 3.05) is 6.54 Å². The Morgan fingerprint density at radius 2 is 2.33 bits per heavy atom. The van der Waals surface area contributed by atoms with Gasteiger partial charge in [0.05, 0.1) is 0 Å². The number of thiophene rings is 1. The number of hydrogen-bond acceptors (Lipinski definition) is 3. The van der Waals surface area contributed by atoms with Crippen LogP contribution < -0.4 is 5.32 Å². The fourth-order valence-corrected chi connectivity index (χ4v) is 4.12. The molecule has 1 saturated heterocycles. The molecule has 3 unspecified atom stereocenters. The Balaban J connectivity index is 1.48. The Bertz CT molecular complexity index is 372. The van der Waals surface area contributed by atoms with Crippen molar-refractivity contribution in [3.05, 3.63) is 22.4 Å². The molecule has 0 aromatic carbocycles. The van der Waals surface area contributed by atoms with E-state index in [1.54, 1.807) is 0 Å². The van der Waals surface area contributed by atoms with Crippen LogP contribution in [0.15, 0.2) is 17.5 Å². The van der Waals surface area contributed by atoms with Gasteiger partial charge in [0, 0.05) is 35.6 Å². The summed E-state index contributed by atoms with van der Waals surface area (Å²) in [5, 5.41) is 6.00. The molecule has 3 rings (SSSR count). The van der Waals surface area contributed by atoms with Gasteiger partial charge in [0.15, 0.2) is 0 Å². The average Bonchev–Trinajstić information content (AvgIpc) is 2.92. The number of hydrogen-bond donors (Lipinski definition) is 1. The van der Waals surface area contributed by atoms with Gasteiger partial charge in [-0.05, 0) is 51.0 Å². The van der Waals surface area contributed by atoms with E-state index in [0.717, 1.165) is 12.1 Å². The first kappa shape index (κ1) is 12.6. The van der Waals surface area contributed by atoms with Gasteiger partial charge in [0.2, 0.25) is 0 Å². The van der Waals surface area contributed by atoms with Crippen molar-refractivity contribution in [3.8, 4) is 0 Å². The Hall–Kier alpha value is -0.380. The highest BCUT2D eigenvalue weighted by Crippen LogP contribution is 2.33. The first-order valence-electron chi connectivity index (χ1n) is 7.26. The minimum Gasteiger partial charge on any atom is -0.310 e. The third-order valence-corrected chi connectivity index (χ3v) is 5.15. The van der Waals surface area contributed by atoms with Crippen LogP contribution in [0.2, 0.25) is 0 Å². The largest absolute Gasteiger partial charge is 0.310 e. The molecule has 1 aliphatic carbocycles. The van der Waals surface area contributed by atoms with Gasteiger partial charge in [-0.15, -0.1) is 11.3 Å². The molecule has 1 aliphatic heterocycles. The molecule has 2 heterocycles. The van der Waals surface area contributed by atoms with Crippen molar-refractivity contribution >= 4 is 11.3 Å². The van der Waals surface area contributed by atoms with Crippen LogP contribution in [0, 0.1) is 0 Å². The van der Waals surface area contributed by atoms with E-state index in [1.807, 2.05) is 11.3 Å². The van der Waals surface area contributed by atoms with Gasteiger partial charge in [-0.25, -0.2) is 0 Å². The zero-order chi connectivity index (χ0) is 12.5. The lowest BCUT2D eigenvalue weighted by Gasteiger charge is -2.21. The second-order valence-corrected chi connectivity index (χ2v) is 7.09. The highest BCUT2D eigenvalue weighted by molar-refractivity contribution is 7.09. The van der Waals surface area contributed by atoms with Gasteiger partial charge >= 0.3 is 0 Å². The van der Waals surface area contributed by atoms with Crippen LogP contribution in [0.1, 0.15) is 38.0 Å². The Kier molecular flexibility index (Phi) is 3.73. The molecule has 1 aromatic rings. The van der Waals surface area contributed by atoms with Crippen LogP contribution >= 0.6 is 11.3 Å². The highest BCUT2D eigenvalue weighted by Gasteiger charge is 2.38. The SMILES string of the molecule is CC(Cc1cccs1)NC1CC(C)N(C2CC2)C1. The quantitative estimate of drug-likeness (QED) is 0.880. The first-order chi connectivity index (χ1) is 8.72. The molecule has 0 spiro atoms. The molecule has 3 heteroatoms. The molecule has 1 saturated carbocycles. The van der Waals surface area contributed by atoms with Gasteiger partial charge in [0.1, 0.15) is 0 Å². The van der Waals surface area contributed by atoms with Crippen LogP contribution in [0.3, 0.4) is 0 Å². The van der Waals surface area contributed by atoms with Crippen molar-refractivity contribution in [1.29, 1.82) is 0 Å². The summed E-state index contributed by atoms with van der Waals surface area (Å²) in [4.78, 5) is 4.22. The maximum absolute atomic E-state index is 3.83. The van der Waals surface area contributed by atoms with E-state index in [2.05, 4.69) is 41.6 Å². The van der Waals surface area contributed by atoms with Crippen molar-refractivity contribution in [1.82, 2.24) is 10.2 Å². The topological polar surface area (TPSA) is 15.3 Å². The second kappa shape index (κ2) is 5.32. The van der Waals surface area contributed by atoms with E-state index in [9.17, 15) is 0 Å². The van der Waals surface area contributed by atoms with Gasteiger partial charge in [-0.2, -0.15) is 0 Å². The molecule has 0 radical (unpaired) electrons. The normalized spacial score (nSPS) is 30.8. The molecule has 2 nitrogen and oxygen atoms in total. The summed E-state index contributed by atoms with van der Waals surface area (Å²) in [6.45, 7) is 5.98. The average molecular weight is 264 g/mol. The summed E-state index contributed by atoms with van der Waals surface area (Å²) < 4.78 is 0. The van der Waals surface area contributed by atoms with E-state index in [1.165, 1.54) is 37.1 Å². The lowest BCUT2D eigenvalue weighted by atomic mass is 10.1. The van der Waals surface area contributed by atoms with Crippen molar-refractivity contribution < 1.29 is 0 Å². The maximum atomic E-state index is 3.83. The number of likely N-dealkylation sites (tertiary alicyclic amines) is 1. The fraction of sp³-hybridized carbons (Fsp3) is 0.733. The Morgan fingerprint density at radius 3 is 3.00 bits per heavy atom. The minimum atomic E-state index is 0.597. The van der Waals surface area contributed by atoms with Crippen LogP contribution in [-0.4, -0.2) is 35.6 Å². The monoisotopic (exact) mass is 264 g/mol. The number of rotatable bonds is 5. The molecular formula is C15H24N2S. The molecule has 3 atom stereocenters. The van der Waals surface area contributed by atoms with Gasteiger partial charge in [-0.1, -0.05) is 6.07 Å². The standard InChI is InChI=1S/C15H24N2S/c1-11(8-15-4-3-7-18-15)16-13-9-12(2)17(10-13)14-5-6-14/h3-4,7,11-14,16H,5-6,8-10H2,1-2H3.